The molecule has 0 radical (unpaired) electrons. The van der Waals surface area contributed by atoms with Gasteiger partial charge in [0.1, 0.15) is 6.10 Å². The molecule has 1 aliphatic carbocycles. The Labute approximate surface area is 166 Å². The van der Waals surface area contributed by atoms with Gasteiger partial charge in [0.05, 0.1) is 20.3 Å². The van der Waals surface area contributed by atoms with E-state index in [2.05, 4.69) is 54.6 Å². The Morgan fingerprint density at radius 3 is 2.32 bits per heavy atom. The van der Waals surface area contributed by atoms with Crippen LogP contribution in [0.5, 0.6) is 11.5 Å². The highest BCUT2D eigenvalue weighted by Gasteiger charge is 2.39. The summed E-state index contributed by atoms with van der Waals surface area (Å²) in [6.07, 6.45) is 4.99. The van der Waals surface area contributed by atoms with E-state index < -0.39 is 0 Å². The second-order valence-corrected chi connectivity index (χ2v) is 7.85. The first kappa shape index (κ1) is 17.6. The summed E-state index contributed by atoms with van der Waals surface area (Å²) in [5.41, 5.74) is 3.82. The fraction of sp³-hybridized carbons (Fsp3) is 0.360. The predicted molar refractivity (Wildman–Crippen MR) is 111 cm³/mol. The third-order valence-electron chi connectivity index (χ3n) is 6.39. The van der Waals surface area contributed by atoms with Crippen molar-refractivity contribution in [3.05, 3.63) is 71.3 Å². The van der Waals surface area contributed by atoms with Crippen molar-refractivity contribution in [1.82, 2.24) is 0 Å². The van der Waals surface area contributed by atoms with Crippen molar-refractivity contribution in [3.8, 4) is 11.5 Å². The molecule has 1 aliphatic heterocycles. The van der Waals surface area contributed by atoms with Crippen LogP contribution < -0.4 is 9.47 Å². The highest BCUT2D eigenvalue weighted by Crippen LogP contribution is 2.50. The SMILES string of the molecule is COc1cc2c(cc1OC)[C@@H]1CCCC[C@H]1O[C@H]2c1cccc2ccccc12. The van der Waals surface area contributed by atoms with Gasteiger partial charge in [-0.25, -0.2) is 0 Å². The number of fused-ring (bicyclic) bond motifs is 4. The molecule has 1 fully saturated rings. The molecule has 0 amide bonds. The van der Waals surface area contributed by atoms with Gasteiger partial charge in [0, 0.05) is 5.92 Å². The zero-order valence-electron chi connectivity index (χ0n) is 16.5. The van der Waals surface area contributed by atoms with Gasteiger partial charge in [-0.05, 0) is 52.4 Å². The zero-order valence-corrected chi connectivity index (χ0v) is 16.5. The minimum atomic E-state index is -0.0831. The monoisotopic (exact) mass is 374 g/mol. The van der Waals surface area contributed by atoms with Gasteiger partial charge in [-0.1, -0.05) is 55.3 Å². The average molecular weight is 374 g/mol. The van der Waals surface area contributed by atoms with Crippen molar-refractivity contribution >= 4 is 10.8 Å². The predicted octanol–water partition coefficient (Wildman–Crippen LogP) is 6.00. The molecular weight excluding hydrogens is 348 g/mol. The highest BCUT2D eigenvalue weighted by molar-refractivity contribution is 5.86. The first-order chi connectivity index (χ1) is 13.8. The Balaban J connectivity index is 1.73. The van der Waals surface area contributed by atoms with Gasteiger partial charge in [0.2, 0.25) is 0 Å². The molecule has 5 rings (SSSR count). The molecule has 3 aromatic carbocycles. The summed E-state index contributed by atoms with van der Waals surface area (Å²) in [7, 11) is 3.41. The molecule has 1 heterocycles. The summed E-state index contributed by atoms with van der Waals surface area (Å²) in [6, 6.07) is 19.4. The molecule has 144 valence electrons. The van der Waals surface area contributed by atoms with Crippen LogP contribution in [0.3, 0.4) is 0 Å². The van der Waals surface area contributed by atoms with Gasteiger partial charge < -0.3 is 14.2 Å². The lowest BCUT2D eigenvalue weighted by molar-refractivity contribution is -0.0385. The van der Waals surface area contributed by atoms with Crippen molar-refractivity contribution in [2.75, 3.05) is 14.2 Å². The van der Waals surface area contributed by atoms with Gasteiger partial charge in [-0.15, -0.1) is 0 Å². The smallest absolute Gasteiger partial charge is 0.161 e. The highest BCUT2D eigenvalue weighted by atomic mass is 16.5. The minimum absolute atomic E-state index is 0.0831. The van der Waals surface area contributed by atoms with E-state index >= 15 is 0 Å². The number of ether oxygens (including phenoxy) is 3. The Bertz CT molecular complexity index is 1000. The molecule has 1 saturated carbocycles. The topological polar surface area (TPSA) is 27.7 Å². The van der Waals surface area contributed by atoms with Crippen LogP contribution in [0.25, 0.3) is 10.8 Å². The Morgan fingerprint density at radius 1 is 0.786 bits per heavy atom. The third kappa shape index (κ3) is 2.77. The number of hydrogen-bond donors (Lipinski definition) is 0. The van der Waals surface area contributed by atoms with Crippen molar-refractivity contribution in [2.24, 2.45) is 0 Å². The number of methoxy groups -OCH3 is 2. The normalized spacial score (nSPS) is 23.7. The molecular formula is C25H26O3. The van der Waals surface area contributed by atoms with Crippen LogP contribution in [0, 0.1) is 0 Å². The molecule has 3 aromatic rings. The molecule has 28 heavy (non-hydrogen) atoms. The molecule has 0 spiro atoms. The van der Waals surface area contributed by atoms with Crippen LogP contribution in [0.4, 0.5) is 0 Å². The number of hydrogen-bond acceptors (Lipinski definition) is 3. The van der Waals surface area contributed by atoms with E-state index in [0.717, 1.165) is 17.9 Å². The minimum Gasteiger partial charge on any atom is -0.493 e. The van der Waals surface area contributed by atoms with Crippen molar-refractivity contribution in [3.63, 3.8) is 0 Å². The Hall–Kier alpha value is -2.52. The van der Waals surface area contributed by atoms with Crippen LogP contribution in [0.15, 0.2) is 54.6 Å². The van der Waals surface area contributed by atoms with Gasteiger partial charge >= 0.3 is 0 Å². The maximum absolute atomic E-state index is 6.79. The van der Waals surface area contributed by atoms with Crippen molar-refractivity contribution in [2.45, 2.75) is 43.8 Å². The first-order valence-electron chi connectivity index (χ1n) is 10.2. The summed E-state index contributed by atoms with van der Waals surface area (Å²) < 4.78 is 18.0. The van der Waals surface area contributed by atoms with Crippen LogP contribution in [-0.2, 0) is 4.74 Å². The lowest BCUT2D eigenvalue weighted by atomic mass is 9.75. The van der Waals surface area contributed by atoms with Crippen LogP contribution in [0.2, 0.25) is 0 Å². The fourth-order valence-corrected chi connectivity index (χ4v) is 5.04. The van der Waals surface area contributed by atoms with E-state index in [9.17, 15) is 0 Å². The molecule has 3 atom stereocenters. The molecule has 0 unspecified atom stereocenters. The van der Waals surface area contributed by atoms with E-state index in [1.807, 2.05) is 0 Å². The third-order valence-corrected chi connectivity index (χ3v) is 6.39. The van der Waals surface area contributed by atoms with Gasteiger partial charge in [0.15, 0.2) is 11.5 Å². The molecule has 2 aliphatic rings. The van der Waals surface area contributed by atoms with Crippen LogP contribution in [0.1, 0.15) is 54.4 Å². The molecule has 3 heteroatoms. The number of rotatable bonds is 3. The molecule has 0 saturated heterocycles. The van der Waals surface area contributed by atoms with E-state index in [4.69, 9.17) is 14.2 Å². The van der Waals surface area contributed by atoms with E-state index in [-0.39, 0.29) is 12.2 Å². The van der Waals surface area contributed by atoms with Gasteiger partial charge in [-0.2, -0.15) is 0 Å². The van der Waals surface area contributed by atoms with Crippen LogP contribution in [-0.4, -0.2) is 20.3 Å². The molecule has 0 bridgehead atoms. The fourth-order valence-electron chi connectivity index (χ4n) is 5.04. The summed E-state index contributed by atoms with van der Waals surface area (Å²) in [6.45, 7) is 0. The maximum Gasteiger partial charge on any atom is 0.161 e. The molecule has 0 aromatic heterocycles. The first-order valence-corrected chi connectivity index (χ1v) is 10.2. The number of benzene rings is 3. The summed E-state index contributed by atoms with van der Waals surface area (Å²) in [5.74, 6) is 2.02. The summed E-state index contributed by atoms with van der Waals surface area (Å²) in [4.78, 5) is 0. The van der Waals surface area contributed by atoms with E-state index in [0.29, 0.717) is 5.92 Å². The van der Waals surface area contributed by atoms with E-state index in [1.54, 1.807) is 14.2 Å². The van der Waals surface area contributed by atoms with Crippen LogP contribution >= 0.6 is 0 Å². The van der Waals surface area contributed by atoms with E-state index in [1.165, 1.54) is 46.7 Å². The Morgan fingerprint density at radius 2 is 1.50 bits per heavy atom. The lowest BCUT2D eigenvalue weighted by Gasteiger charge is -2.42. The maximum atomic E-state index is 6.79. The average Bonchev–Trinajstić information content (AvgIpc) is 2.77. The molecule has 0 N–H and O–H groups in total. The van der Waals surface area contributed by atoms with Crippen molar-refractivity contribution in [1.29, 1.82) is 0 Å². The second-order valence-electron chi connectivity index (χ2n) is 7.85. The van der Waals surface area contributed by atoms with Crippen molar-refractivity contribution < 1.29 is 14.2 Å². The molecule has 3 nitrogen and oxygen atoms in total. The summed E-state index contributed by atoms with van der Waals surface area (Å²) >= 11 is 0. The zero-order chi connectivity index (χ0) is 19.1. The standard InChI is InChI=1S/C25H26O3/c1-26-23-14-20-18-11-5-6-13-22(18)28-25(21(20)15-24(23)27-2)19-12-7-9-16-8-3-4-10-17(16)19/h3-4,7-10,12,14-15,18,22,25H,5-6,11,13H2,1-2H3/t18-,22+,25-/m0/s1. The quantitative estimate of drug-likeness (QED) is 0.562. The van der Waals surface area contributed by atoms with Gasteiger partial charge in [0.25, 0.3) is 0 Å². The largest absolute Gasteiger partial charge is 0.493 e. The second kappa shape index (κ2) is 7.14. The Kier molecular flexibility index (Phi) is 4.48. The lowest BCUT2D eigenvalue weighted by Crippen LogP contribution is -2.33. The van der Waals surface area contributed by atoms with Gasteiger partial charge in [-0.3, -0.25) is 0 Å². The summed E-state index contributed by atoms with van der Waals surface area (Å²) in [5, 5.41) is 2.50.